The molecule has 12 heavy (non-hydrogen) atoms. The van der Waals surface area contributed by atoms with Crippen LogP contribution in [0.5, 0.6) is 0 Å². The topological polar surface area (TPSA) is 29.1 Å². The second-order valence-electron chi connectivity index (χ2n) is 2.42. The number of likely N-dealkylation sites (N-methyl/N-ethyl adjacent to an activating group) is 1. The zero-order chi connectivity index (χ0) is 8.97. The predicted octanol–water partition coefficient (Wildman–Crippen LogP) is 1.90. The Morgan fingerprint density at radius 2 is 2.42 bits per heavy atom. The van der Waals surface area contributed by atoms with Crippen molar-refractivity contribution in [2.75, 3.05) is 7.05 Å². The molecular formula is C9H11NOS. The molecule has 2 nitrogen and oxygen atoms in total. The van der Waals surface area contributed by atoms with Gasteiger partial charge in [-0.15, -0.1) is 11.3 Å². The molecule has 0 bridgehead atoms. The molecule has 64 valence electrons. The van der Waals surface area contributed by atoms with E-state index in [0.29, 0.717) is 0 Å². The van der Waals surface area contributed by atoms with E-state index in [2.05, 4.69) is 5.32 Å². The lowest BCUT2D eigenvalue weighted by molar-refractivity contribution is -0.116. The highest BCUT2D eigenvalue weighted by Gasteiger charge is 1.98. The lowest BCUT2D eigenvalue weighted by Gasteiger charge is -1.95. The van der Waals surface area contributed by atoms with Gasteiger partial charge in [-0.3, -0.25) is 4.79 Å². The van der Waals surface area contributed by atoms with Crippen LogP contribution in [0.1, 0.15) is 11.8 Å². The van der Waals surface area contributed by atoms with Gasteiger partial charge in [-0.05, 0) is 23.9 Å². The van der Waals surface area contributed by atoms with Crippen molar-refractivity contribution in [2.24, 2.45) is 0 Å². The minimum absolute atomic E-state index is 0.0547. The first-order valence-corrected chi connectivity index (χ1v) is 4.56. The number of carbonyl (C=O) groups is 1. The Kier molecular flexibility index (Phi) is 3.05. The summed E-state index contributed by atoms with van der Waals surface area (Å²) in [4.78, 5) is 12.1. The first kappa shape index (κ1) is 9.00. The fourth-order valence-electron chi connectivity index (χ4n) is 0.843. The average molecular weight is 181 g/mol. The van der Waals surface area contributed by atoms with Gasteiger partial charge in [0.25, 0.3) is 0 Å². The summed E-state index contributed by atoms with van der Waals surface area (Å²) in [5.74, 6) is -0.0547. The van der Waals surface area contributed by atoms with Crippen LogP contribution in [0.25, 0.3) is 5.57 Å². The van der Waals surface area contributed by atoms with Crippen molar-refractivity contribution in [3.8, 4) is 0 Å². The van der Waals surface area contributed by atoms with Crippen LogP contribution < -0.4 is 5.32 Å². The van der Waals surface area contributed by atoms with Crippen LogP contribution in [0.2, 0.25) is 0 Å². The lowest BCUT2D eigenvalue weighted by atomic mass is 10.2. The van der Waals surface area contributed by atoms with E-state index in [9.17, 15) is 4.79 Å². The molecular weight excluding hydrogens is 170 g/mol. The maximum absolute atomic E-state index is 10.9. The van der Waals surface area contributed by atoms with E-state index in [0.717, 1.165) is 10.5 Å². The Balaban J connectivity index is 2.77. The van der Waals surface area contributed by atoms with Crippen molar-refractivity contribution in [3.63, 3.8) is 0 Å². The summed E-state index contributed by atoms with van der Waals surface area (Å²) in [7, 11) is 1.63. The van der Waals surface area contributed by atoms with Crippen LogP contribution in [0, 0.1) is 0 Å². The highest BCUT2D eigenvalue weighted by Crippen LogP contribution is 2.18. The number of carbonyl (C=O) groups excluding carboxylic acids is 1. The van der Waals surface area contributed by atoms with Crippen LogP contribution in [-0.4, -0.2) is 13.0 Å². The first-order valence-electron chi connectivity index (χ1n) is 3.68. The van der Waals surface area contributed by atoms with Crippen LogP contribution in [-0.2, 0) is 4.79 Å². The summed E-state index contributed by atoms with van der Waals surface area (Å²) in [6.07, 6.45) is 1.60. The summed E-state index contributed by atoms with van der Waals surface area (Å²) in [5, 5.41) is 4.54. The van der Waals surface area contributed by atoms with Crippen molar-refractivity contribution in [1.82, 2.24) is 5.32 Å². The molecule has 0 unspecified atom stereocenters. The van der Waals surface area contributed by atoms with Crippen molar-refractivity contribution < 1.29 is 4.79 Å². The SMILES string of the molecule is CNC(=O)/C=C(/C)c1cccs1. The molecule has 1 amide bonds. The quantitative estimate of drug-likeness (QED) is 0.694. The van der Waals surface area contributed by atoms with Gasteiger partial charge in [0, 0.05) is 18.0 Å². The van der Waals surface area contributed by atoms with Crippen LogP contribution >= 0.6 is 11.3 Å². The number of hydrogen-bond donors (Lipinski definition) is 1. The minimum Gasteiger partial charge on any atom is -0.356 e. The molecule has 1 N–H and O–H groups in total. The third-order valence-electron chi connectivity index (χ3n) is 1.50. The molecule has 0 saturated heterocycles. The lowest BCUT2D eigenvalue weighted by Crippen LogP contribution is -2.14. The molecule has 1 aromatic rings. The Bertz CT molecular complexity index is 287. The predicted molar refractivity (Wildman–Crippen MR) is 52.0 cm³/mol. The number of amides is 1. The molecule has 0 saturated carbocycles. The van der Waals surface area contributed by atoms with Gasteiger partial charge in [-0.2, -0.15) is 0 Å². The monoisotopic (exact) mass is 181 g/mol. The van der Waals surface area contributed by atoms with E-state index in [1.54, 1.807) is 24.5 Å². The zero-order valence-electron chi connectivity index (χ0n) is 7.13. The fraction of sp³-hybridized carbons (Fsp3) is 0.222. The number of rotatable bonds is 2. The van der Waals surface area contributed by atoms with E-state index in [4.69, 9.17) is 0 Å². The molecule has 1 heterocycles. The van der Waals surface area contributed by atoms with Gasteiger partial charge in [-0.1, -0.05) is 6.07 Å². The third kappa shape index (κ3) is 2.20. The van der Waals surface area contributed by atoms with E-state index < -0.39 is 0 Å². The Hall–Kier alpha value is -1.09. The normalized spacial score (nSPS) is 11.3. The molecule has 1 aromatic heterocycles. The maximum atomic E-state index is 10.9. The molecule has 0 aliphatic heterocycles. The number of nitrogens with one attached hydrogen (secondary N) is 1. The molecule has 0 spiro atoms. The smallest absolute Gasteiger partial charge is 0.244 e. The summed E-state index contributed by atoms with van der Waals surface area (Å²) >= 11 is 1.64. The Morgan fingerprint density at radius 3 is 2.92 bits per heavy atom. The number of allylic oxidation sites excluding steroid dienone is 1. The second kappa shape index (κ2) is 4.07. The highest BCUT2D eigenvalue weighted by molar-refractivity contribution is 7.11. The first-order chi connectivity index (χ1) is 5.74. The standard InChI is InChI=1S/C9H11NOS/c1-7(6-9(11)10-2)8-4-3-5-12-8/h3-6H,1-2H3,(H,10,11)/b7-6-. The molecule has 0 aromatic carbocycles. The Morgan fingerprint density at radius 1 is 1.67 bits per heavy atom. The van der Waals surface area contributed by atoms with E-state index in [-0.39, 0.29) is 5.91 Å². The average Bonchev–Trinajstić information content (AvgIpc) is 2.56. The molecule has 0 radical (unpaired) electrons. The van der Waals surface area contributed by atoms with Crippen molar-refractivity contribution in [3.05, 3.63) is 28.5 Å². The number of thiophene rings is 1. The zero-order valence-corrected chi connectivity index (χ0v) is 7.94. The molecule has 0 atom stereocenters. The van der Waals surface area contributed by atoms with Crippen LogP contribution in [0.3, 0.4) is 0 Å². The summed E-state index contributed by atoms with van der Waals surface area (Å²) in [6.45, 7) is 1.93. The van der Waals surface area contributed by atoms with Gasteiger partial charge in [0.2, 0.25) is 5.91 Å². The summed E-state index contributed by atoms with van der Waals surface area (Å²) < 4.78 is 0. The van der Waals surface area contributed by atoms with Gasteiger partial charge in [0.05, 0.1) is 0 Å². The molecule has 0 aliphatic rings. The minimum atomic E-state index is -0.0547. The highest BCUT2D eigenvalue weighted by atomic mass is 32.1. The molecule has 1 rings (SSSR count). The van der Waals surface area contributed by atoms with Gasteiger partial charge in [0.15, 0.2) is 0 Å². The van der Waals surface area contributed by atoms with Crippen LogP contribution in [0.4, 0.5) is 0 Å². The molecule has 3 heteroatoms. The fourth-order valence-corrected chi connectivity index (χ4v) is 1.55. The van der Waals surface area contributed by atoms with E-state index in [1.165, 1.54) is 0 Å². The van der Waals surface area contributed by atoms with Gasteiger partial charge in [0.1, 0.15) is 0 Å². The van der Waals surface area contributed by atoms with Crippen molar-refractivity contribution in [2.45, 2.75) is 6.92 Å². The summed E-state index contributed by atoms with van der Waals surface area (Å²) in [5.41, 5.74) is 1.00. The molecule has 0 fully saturated rings. The Labute approximate surface area is 75.9 Å². The number of hydrogen-bond acceptors (Lipinski definition) is 2. The van der Waals surface area contributed by atoms with Gasteiger partial charge in [-0.25, -0.2) is 0 Å². The second-order valence-corrected chi connectivity index (χ2v) is 3.37. The third-order valence-corrected chi connectivity index (χ3v) is 2.51. The maximum Gasteiger partial charge on any atom is 0.244 e. The molecule has 0 aliphatic carbocycles. The van der Waals surface area contributed by atoms with Gasteiger partial charge < -0.3 is 5.32 Å². The van der Waals surface area contributed by atoms with Gasteiger partial charge >= 0.3 is 0 Å². The summed E-state index contributed by atoms with van der Waals surface area (Å²) in [6, 6.07) is 3.97. The van der Waals surface area contributed by atoms with Crippen LogP contribution in [0.15, 0.2) is 23.6 Å². The van der Waals surface area contributed by atoms with E-state index >= 15 is 0 Å². The largest absolute Gasteiger partial charge is 0.356 e. The van der Waals surface area contributed by atoms with Crippen molar-refractivity contribution in [1.29, 1.82) is 0 Å². The van der Waals surface area contributed by atoms with E-state index in [1.807, 2.05) is 24.4 Å². The van der Waals surface area contributed by atoms with Crippen molar-refractivity contribution >= 4 is 22.8 Å².